The summed E-state index contributed by atoms with van der Waals surface area (Å²) in [6.45, 7) is 3.70. The van der Waals surface area contributed by atoms with E-state index in [4.69, 9.17) is 14.8 Å². The molecule has 4 aromatic rings. The van der Waals surface area contributed by atoms with Gasteiger partial charge in [-0.3, -0.25) is 0 Å². The van der Waals surface area contributed by atoms with E-state index in [0.29, 0.717) is 5.75 Å². The molecule has 5 heteroatoms. The van der Waals surface area contributed by atoms with Gasteiger partial charge in [-0.15, -0.1) is 11.3 Å². The van der Waals surface area contributed by atoms with Crippen LogP contribution in [0.1, 0.15) is 21.7 Å². The SMILES string of the molecule is Cc1cc(CCc2sc(-c3cccc4ccccc34)nc2C)ccc1OCC(=O)O. The Hall–Kier alpha value is -3.18. The molecule has 1 heterocycles. The first-order chi connectivity index (χ1) is 14.5. The first-order valence-corrected chi connectivity index (χ1v) is 10.7. The summed E-state index contributed by atoms with van der Waals surface area (Å²) >= 11 is 1.76. The number of ether oxygens (including phenoxy) is 1. The van der Waals surface area contributed by atoms with Gasteiger partial charge in [-0.2, -0.15) is 0 Å². The summed E-state index contributed by atoms with van der Waals surface area (Å²) in [5, 5.41) is 12.3. The van der Waals surface area contributed by atoms with Crippen molar-refractivity contribution in [1.82, 2.24) is 4.98 Å². The lowest BCUT2D eigenvalue weighted by Crippen LogP contribution is -2.10. The van der Waals surface area contributed by atoms with E-state index in [9.17, 15) is 4.79 Å². The van der Waals surface area contributed by atoms with Crippen molar-refractivity contribution >= 4 is 28.1 Å². The predicted octanol–water partition coefficient (Wildman–Crippen LogP) is 5.83. The molecule has 0 aliphatic carbocycles. The molecule has 0 aliphatic heterocycles. The van der Waals surface area contributed by atoms with Crippen LogP contribution in [0.25, 0.3) is 21.3 Å². The molecule has 152 valence electrons. The van der Waals surface area contributed by atoms with Crippen molar-refractivity contribution in [2.75, 3.05) is 6.61 Å². The molecule has 4 rings (SSSR count). The second kappa shape index (κ2) is 8.67. The number of thiazole rings is 1. The average molecular weight is 418 g/mol. The standard InChI is InChI=1S/C25H23NO3S/c1-16-14-18(10-12-22(16)29-15-24(27)28)11-13-23-17(2)26-25(30-23)21-9-5-7-19-6-3-4-8-20(19)21/h3-10,12,14H,11,13,15H2,1-2H3,(H,27,28). The highest BCUT2D eigenvalue weighted by atomic mass is 32.1. The average Bonchev–Trinajstić information content (AvgIpc) is 3.11. The van der Waals surface area contributed by atoms with Crippen LogP contribution in [0.3, 0.4) is 0 Å². The van der Waals surface area contributed by atoms with Crippen molar-refractivity contribution in [1.29, 1.82) is 0 Å². The Morgan fingerprint density at radius 1 is 1.03 bits per heavy atom. The highest BCUT2D eigenvalue weighted by Crippen LogP contribution is 2.33. The first kappa shape index (κ1) is 20.1. The van der Waals surface area contributed by atoms with Crippen LogP contribution in [-0.2, 0) is 17.6 Å². The van der Waals surface area contributed by atoms with Crippen LogP contribution in [0.15, 0.2) is 60.7 Å². The van der Waals surface area contributed by atoms with Gasteiger partial charge in [-0.05, 0) is 54.7 Å². The minimum absolute atomic E-state index is 0.322. The lowest BCUT2D eigenvalue weighted by Gasteiger charge is -2.09. The summed E-state index contributed by atoms with van der Waals surface area (Å²) in [5.41, 5.74) is 4.42. The molecular formula is C25H23NO3S. The van der Waals surface area contributed by atoms with E-state index in [-0.39, 0.29) is 6.61 Å². The van der Waals surface area contributed by atoms with E-state index in [1.807, 2.05) is 19.1 Å². The molecule has 0 atom stereocenters. The Morgan fingerprint density at radius 3 is 2.63 bits per heavy atom. The maximum absolute atomic E-state index is 10.7. The van der Waals surface area contributed by atoms with Crippen molar-refractivity contribution < 1.29 is 14.6 Å². The van der Waals surface area contributed by atoms with Gasteiger partial charge in [0.25, 0.3) is 0 Å². The van der Waals surface area contributed by atoms with Gasteiger partial charge >= 0.3 is 5.97 Å². The fourth-order valence-corrected chi connectivity index (χ4v) is 4.71. The molecule has 1 N–H and O–H groups in total. The number of aromatic nitrogens is 1. The largest absolute Gasteiger partial charge is 0.482 e. The summed E-state index contributed by atoms with van der Waals surface area (Å²) in [4.78, 5) is 16.8. The lowest BCUT2D eigenvalue weighted by atomic mass is 10.0. The van der Waals surface area contributed by atoms with Gasteiger partial charge in [0.05, 0.1) is 5.69 Å². The fraction of sp³-hybridized carbons (Fsp3) is 0.200. The minimum Gasteiger partial charge on any atom is -0.482 e. The van der Waals surface area contributed by atoms with Crippen LogP contribution in [0, 0.1) is 13.8 Å². The van der Waals surface area contributed by atoms with E-state index in [1.165, 1.54) is 26.8 Å². The summed E-state index contributed by atoms with van der Waals surface area (Å²) in [7, 11) is 0. The van der Waals surface area contributed by atoms with Crippen LogP contribution in [0.4, 0.5) is 0 Å². The maximum Gasteiger partial charge on any atom is 0.341 e. The predicted molar refractivity (Wildman–Crippen MR) is 122 cm³/mol. The number of aryl methyl sites for hydroxylation is 4. The summed E-state index contributed by atoms with van der Waals surface area (Å²) in [5.74, 6) is -0.352. The Balaban J connectivity index is 1.51. The number of carboxylic acids is 1. The Morgan fingerprint density at radius 2 is 1.83 bits per heavy atom. The van der Waals surface area contributed by atoms with Gasteiger partial charge in [0, 0.05) is 10.4 Å². The van der Waals surface area contributed by atoms with Gasteiger partial charge in [-0.25, -0.2) is 9.78 Å². The fourth-order valence-electron chi connectivity index (χ4n) is 3.61. The van der Waals surface area contributed by atoms with Crippen LogP contribution in [0.5, 0.6) is 5.75 Å². The first-order valence-electron chi connectivity index (χ1n) is 9.90. The third-order valence-corrected chi connectivity index (χ3v) is 6.39. The Bertz CT molecular complexity index is 1210. The Kier molecular flexibility index (Phi) is 5.81. The molecule has 0 fully saturated rings. The van der Waals surface area contributed by atoms with E-state index >= 15 is 0 Å². The lowest BCUT2D eigenvalue weighted by molar-refractivity contribution is -0.139. The summed E-state index contributed by atoms with van der Waals surface area (Å²) in [6, 6.07) is 20.7. The molecule has 0 amide bonds. The second-order valence-electron chi connectivity index (χ2n) is 7.34. The number of aliphatic carboxylic acids is 1. The van der Waals surface area contributed by atoms with Gasteiger partial charge < -0.3 is 9.84 Å². The number of carbonyl (C=O) groups is 1. The van der Waals surface area contributed by atoms with Crippen molar-refractivity contribution in [3.8, 4) is 16.3 Å². The minimum atomic E-state index is -0.971. The van der Waals surface area contributed by atoms with E-state index in [0.717, 1.165) is 29.1 Å². The van der Waals surface area contributed by atoms with Gasteiger partial charge in [0.2, 0.25) is 0 Å². The molecule has 4 nitrogen and oxygen atoms in total. The van der Waals surface area contributed by atoms with Crippen molar-refractivity contribution in [2.45, 2.75) is 26.7 Å². The number of hydrogen-bond acceptors (Lipinski definition) is 4. The van der Waals surface area contributed by atoms with E-state index in [2.05, 4.69) is 55.5 Å². The van der Waals surface area contributed by atoms with Crippen LogP contribution in [0.2, 0.25) is 0 Å². The quantitative estimate of drug-likeness (QED) is 0.411. The van der Waals surface area contributed by atoms with Gasteiger partial charge in [-0.1, -0.05) is 54.6 Å². The van der Waals surface area contributed by atoms with Crippen LogP contribution in [-0.4, -0.2) is 22.7 Å². The molecular weight excluding hydrogens is 394 g/mol. The number of hydrogen-bond donors (Lipinski definition) is 1. The number of nitrogens with zero attached hydrogens (tertiary/aromatic N) is 1. The maximum atomic E-state index is 10.7. The number of carboxylic acid groups (broad SMARTS) is 1. The molecule has 3 aromatic carbocycles. The van der Waals surface area contributed by atoms with Crippen molar-refractivity contribution in [3.63, 3.8) is 0 Å². The van der Waals surface area contributed by atoms with Crippen LogP contribution >= 0.6 is 11.3 Å². The molecule has 30 heavy (non-hydrogen) atoms. The summed E-state index contributed by atoms with van der Waals surface area (Å²) in [6.07, 6.45) is 1.82. The zero-order valence-corrected chi connectivity index (χ0v) is 17.8. The molecule has 0 spiro atoms. The third kappa shape index (κ3) is 4.36. The topological polar surface area (TPSA) is 59.4 Å². The summed E-state index contributed by atoms with van der Waals surface area (Å²) < 4.78 is 5.32. The van der Waals surface area contributed by atoms with Crippen molar-refractivity contribution in [2.24, 2.45) is 0 Å². The highest BCUT2D eigenvalue weighted by molar-refractivity contribution is 7.15. The number of benzene rings is 3. The highest BCUT2D eigenvalue weighted by Gasteiger charge is 2.12. The molecule has 1 aromatic heterocycles. The number of fused-ring (bicyclic) bond motifs is 1. The molecule has 0 bridgehead atoms. The van der Waals surface area contributed by atoms with E-state index in [1.54, 1.807) is 11.3 Å². The molecule has 0 radical (unpaired) electrons. The molecule has 0 saturated heterocycles. The smallest absolute Gasteiger partial charge is 0.341 e. The van der Waals surface area contributed by atoms with Gasteiger partial charge in [0.1, 0.15) is 10.8 Å². The zero-order chi connectivity index (χ0) is 21.1. The zero-order valence-electron chi connectivity index (χ0n) is 17.0. The molecule has 0 saturated carbocycles. The number of rotatable bonds is 7. The Labute approximate surface area is 179 Å². The molecule has 0 aliphatic rings. The van der Waals surface area contributed by atoms with Gasteiger partial charge in [0.15, 0.2) is 6.61 Å². The monoisotopic (exact) mass is 417 g/mol. The molecule has 0 unspecified atom stereocenters. The van der Waals surface area contributed by atoms with Crippen molar-refractivity contribution in [3.05, 3.63) is 82.4 Å². The normalized spacial score (nSPS) is 11.0. The van der Waals surface area contributed by atoms with Crippen LogP contribution < -0.4 is 4.74 Å². The second-order valence-corrected chi connectivity index (χ2v) is 8.42. The van der Waals surface area contributed by atoms with E-state index < -0.39 is 5.97 Å². The third-order valence-electron chi connectivity index (χ3n) is 5.14.